The molecule has 0 spiro atoms. The molecule has 0 aromatic heterocycles. The van der Waals surface area contributed by atoms with Crippen LogP contribution in [0.5, 0.6) is 0 Å². The lowest BCUT2D eigenvalue weighted by Crippen LogP contribution is -2.66. The molecule has 0 bridgehead atoms. The van der Waals surface area contributed by atoms with Gasteiger partial charge in [0.15, 0.2) is 24.8 Å². The Kier molecular flexibility index (Phi) is 15.7. The van der Waals surface area contributed by atoms with Crippen molar-refractivity contribution in [1.82, 2.24) is 0 Å². The van der Waals surface area contributed by atoms with Crippen LogP contribution in [0.1, 0.15) is 38.8 Å². The van der Waals surface area contributed by atoms with E-state index in [1.807, 2.05) is 60.7 Å². The predicted molar refractivity (Wildman–Crippen MR) is 179 cm³/mol. The Morgan fingerprint density at radius 2 is 1.10 bits per heavy atom. The molecule has 2 aromatic rings. The molecule has 0 radical (unpaired) electrons. The van der Waals surface area contributed by atoms with Crippen LogP contribution in [-0.2, 0) is 79.8 Å². The largest absolute Gasteiger partial charge is 0.463 e. The molecule has 284 valence electrons. The zero-order valence-electron chi connectivity index (χ0n) is 29.5. The molecule has 52 heavy (non-hydrogen) atoms. The number of benzene rings is 2. The lowest BCUT2D eigenvalue weighted by molar-refractivity contribution is -0.371. The van der Waals surface area contributed by atoms with Gasteiger partial charge in [-0.3, -0.25) is 19.2 Å². The molecule has 2 aliphatic heterocycles. The van der Waals surface area contributed by atoms with Gasteiger partial charge in [-0.2, -0.15) is 0 Å². The van der Waals surface area contributed by atoms with Gasteiger partial charge in [-0.15, -0.1) is 6.58 Å². The average molecular weight is 731 g/mol. The van der Waals surface area contributed by atoms with Crippen LogP contribution in [0.3, 0.4) is 0 Å². The number of aliphatic hydroxyl groups is 1. The number of hydrogen-bond donors (Lipinski definition) is 1. The molecule has 1 unspecified atom stereocenters. The van der Waals surface area contributed by atoms with Crippen molar-refractivity contribution < 1.29 is 71.7 Å². The van der Waals surface area contributed by atoms with Crippen molar-refractivity contribution in [3.05, 3.63) is 84.4 Å². The minimum Gasteiger partial charge on any atom is -0.463 e. The Labute approximate surface area is 301 Å². The number of ether oxygens (including phenoxy) is 10. The van der Waals surface area contributed by atoms with Crippen LogP contribution in [0.4, 0.5) is 0 Å². The Bertz CT molecular complexity index is 1450. The first-order chi connectivity index (χ1) is 25.0. The maximum atomic E-state index is 12.4. The van der Waals surface area contributed by atoms with Crippen LogP contribution < -0.4 is 0 Å². The topological polar surface area (TPSA) is 181 Å². The van der Waals surface area contributed by atoms with Gasteiger partial charge in [0.25, 0.3) is 0 Å². The summed E-state index contributed by atoms with van der Waals surface area (Å²) in [7, 11) is 0. The molecule has 2 aliphatic rings. The van der Waals surface area contributed by atoms with Crippen molar-refractivity contribution in [2.75, 3.05) is 19.8 Å². The van der Waals surface area contributed by atoms with Gasteiger partial charge in [-0.1, -0.05) is 66.7 Å². The third kappa shape index (κ3) is 11.9. The summed E-state index contributed by atoms with van der Waals surface area (Å²) in [4.78, 5) is 48.4. The van der Waals surface area contributed by atoms with E-state index in [2.05, 4.69) is 6.58 Å². The zero-order chi connectivity index (χ0) is 37.6. The van der Waals surface area contributed by atoms with Gasteiger partial charge < -0.3 is 52.5 Å². The van der Waals surface area contributed by atoms with Gasteiger partial charge in [0.1, 0.15) is 49.8 Å². The van der Waals surface area contributed by atoms with E-state index < -0.39 is 85.3 Å². The fourth-order valence-corrected chi connectivity index (χ4v) is 5.79. The summed E-state index contributed by atoms with van der Waals surface area (Å²) in [5.74, 6) is -2.61. The summed E-state index contributed by atoms with van der Waals surface area (Å²) in [5, 5.41) is 11.5. The molecule has 0 saturated carbocycles. The number of rotatable bonds is 17. The van der Waals surface area contributed by atoms with E-state index in [-0.39, 0.29) is 33.0 Å². The van der Waals surface area contributed by atoms with E-state index in [9.17, 15) is 24.3 Å². The zero-order valence-corrected chi connectivity index (χ0v) is 29.5. The summed E-state index contributed by atoms with van der Waals surface area (Å²) in [6.45, 7) is 7.81. The van der Waals surface area contributed by atoms with E-state index in [0.29, 0.717) is 0 Å². The first-order valence-electron chi connectivity index (χ1n) is 16.8. The monoisotopic (exact) mass is 730 g/mol. The number of aliphatic hydroxyl groups excluding tert-OH is 1. The first-order valence-corrected chi connectivity index (χ1v) is 16.8. The molecule has 10 atom stereocenters. The molecule has 2 heterocycles. The third-order valence-corrected chi connectivity index (χ3v) is 7.97. The first kappa shape index (κ1) is 40.5. The molecule has 0 amide bonds. The maximum absolute atomic E-state index is 12.4. The molecular weight excluding hydrogens is 684 g/mol. The van der Waals surface area contributed by atoms with Crippen molar-refractivity contribution in [2.24, 2.45) is 0 Å². The molecule has 1 N–H and O–H groups in total. The minimum atomic E-state index is -1.75. The van der Waals surface area contributed by atoms with Crippen LogP contribution in [0.15, 0.2) is 73.3 Å². The number of carbonyl (C=O) groups excluding carboxylic acids is 4. The highest BCUT2D eigenvalue weighted by molar-refractivity contribution is 5.67. The summed E-state index contributed by atoms with van der Waals surface area (Å²) in [6, 6.07) is 18.3. The van der Waals surface area contributed by atoms with Crippen molar-refractivity contribution in [3.63, 3.8) is 0 Å². The summed E-state index contributed by atoms with van der Waals surface area (Å²) in [5.41, 5.74) is 1.54. The van der Waals surface area contributed by atoms with Crippen LogP contribution in [0, 0.1) is 0 Å². The molecule has 4 rings (SSSR count). The number of hydrogen-bond acceptors (Lipinski definition) is 15. The summed E-state index contributed by atoms with van der Waals surface area (Å²) < 4.78 is 59.3. The number of carbonyl (C=O) groups is 4. The number of esters is 4. The Morgan fingerprint density at radius 3 is 1.54 bits per heavy atom. The van der Waals surface area contributed by atoms with Crippen molar-refractivity contribution in [2.45, 2.75) is 102 Å². The summed E-state index contributed by atoms with van der Waals surface area (Å²) >= 11 is 0. The van der Waals surface area contributed by atoms with Gasteiger partial charge in [0, 0.05) is 27.7 Å². The second kappa shape index (κ2) is 20.1. The highest BCUT2D eigenvalue weighted by Gasteiger charge is 2.55. The molecule has 2 saturated heterocycles. The maximum Gasteiger partial charge on any atom is 0.303 e. The Morgan fingerprint density at radius 1 is 0.635 bits per heavy atom. The van der Waals surface area contributed by atoms with Crippen LogP contribution in [-0.4, -0.2) is 110 Å². The van der Waals surface area contributed by atoms with Gasteiger partial charge in [0.2, 0.25) is 0 Å². The van der Waals surface area contributed by atoms with Crippen molar-refractivity contribution >= 4 is 23.9 Å². The second-order valence-corrected chi connectivity index (χ2v) is 12.1. The standard InChI is InChI=1S/C37H46O15/c1-6-17-43-35-33(47-19-27-15-11-8-12-16-27)31(49-25(5)41)29(21-45-23(3)39)51-37(35)52-34-32(46-18-26-13-9-7-10-14-26)30(48-24(4)40)28(50-36(34)42)20-44-22(2)38/h6-16,28-37,42H,1,17-21H2,2-5H3/t28-,29-,30-,31-,32+,33+,34-,35-,36?,37-/m1/s1. The fraction of sp³-hybridized carbons (Fsp3) is 0.514. The lowest BCUT2D eigenvalue weighted by Gasteiger charge is -2.48. The SMILES string of the molecule is C=CCO[C@H]1[C@@H](O[C@H]2C(O)O[C@H](COC(C)=O)[C@@H](OC(C)=O)[C@@H]2OCc2ccccc2)O[C@H](COC(C)=O)[C@@H](OC(C)=O)[C@@H]1OCc1ccccc1. The molecule has 2 fully saturated rings. The average Bonchev–Trinajstić information content (AvgIpc) is 3.10. The van der Waals surface area contributed by atoms with E-state index in [1.54, 1.807) is 0 Å². The van der Waals surface area contributed by atoms with E-state index in [1.165, 1.54) is 33.8 Å². The second-order valence-electron chi connectivity index (χ2n) is 12.1. The van der Waals surface area contributed by atoms with Crippen LogP contribution in [0.2, 0.25) is 0 Å². The molecular formula is C37H46O15. The molecule has 2 aromatic carbocycles. The van der Waals surface area contributed by atoms with E-state index in [4.69, 9.17) is 47.4 Å². The Balaban J connectivity index is 1.74. The van der Waals surface area contributed by atoms with Gasteiger partial charge in [-0.25, -0.2) is 0 Å². The normalized spacial score (nSPS) is 28.6. The molecule has 0 aliphatic carbocycles. The minimum absolute atomic E-state index is 0.00946. The lowest BCUT2D eigenvalue weighted by atomic mass is 9.96. The molecule has 15 heteroatoms. The van der Waals surface area contributed by atoms with Crippen molar-refractivity contribution in [3.8, 4) is 0 Å². The quantitative estimate of drug-likeness (QED) is 0.142. The highest BCUT2D eigenvalue weighted by atomic mass is 16.8. The highest BCUT2D eigenvalue weighted by Crippen LogP contribution is 2.35. The predicted octanol–water partition coefficient (Wildman–Crippen LogP) is 2.55. The summed E-state index contributed by atoms with van der Waals surface area (Å²) in [6.07, 6.45) is -11.3. The van der Waals surface area contributed by atoms with Gasteiger partial charge in [0.05, 0.1) is 19.8 Å². The Hall–Kier alpha value is -4.22. The molecule has 15 nitrogen and oxygen atoms in total. The van der Waals surface area contributed by atoms with Gasteiger partial charge in [-0.05, 0) is 11.1 Å². The smallest absolute Gasteiger partial charge is 0.303 e. The van der Waals surface area contributed by atoms with E-state index >= 15 is 0 Å². The third-order valence-electron chi connectivity index (χ3n) is 7.97. The van der Waals surface area contributed by atoms with Crippen molar-refractivity contribution in [1.29, 1.82) is 0 Å². The van der Waals surface area contributed by atoms with Crippen LogP contribution in [0.25, 0.3) is 0 Å². The van der Waals surface area contributed by atoms with Gasteiger partial charge >= 0.3 is 23.9 Å². The van der Waals surface area contributed by atoms with E-state index in [0.717, 1.165) is 11.1 Å². The van der Waals surface area contributed by atoms with Crippen LogP contribution >= 0.6 is 0 Å². The fourth-order valence-electron chi connectivity index (χ4n) is 5.79.